The molecular weight excluding hydrogens is 909 g/mol. The number of hydrogen-bond acceptors (Lipinski definition) is 8. The molecule has 8 atom stereocenters. The molecule has 8 heteroatoms. The highest BCUT2D eigenvalue weighted by Gasteiger charge is 2.35. The Kier molecular flexibility index (Phi) is 17.7. The first kappa shape index (κ1) is 53.6. The molecule has 0 radical (unpaired) electrons. The lowest BCUT2D eigenvalue weighted by molar-refractivity contribution is -0.00723. The molecule has 0 spiro atoms. The molecule has 73 heavy (non-hydrogen) atoms. The number of ether oxygens (including phenoxy) is 6. The minimum absolute atomic E-state index is 0. The predicted molar refractivity (Wildman–Crippen MR) is 293 cm³/mol. The van der Waals surface area contributed by atoms with E-state index in [0.717, 1.165) is 74.4 Å². The van der Waals surface area contributed by atoms with Crippen LogP contribution in [-0.4, -0.2) is 72.3 Å². The third-order valence-electron chi connectivity index (χ3n) is 14.6. The number of hydrogen-bond donors (Lipinski definition) is 2. The first-order chi connectivity index (χ1) is 34.8. The van der Waals surface area contributed by atoms with Crippen LogP contribution in [0, 0.1) is 0 Å². The van der Waals surface area contributed by atoms with Crippen molar-refractivity contribution in [1.29, 1.82) is 0 Å². The third kappa shape index (κ3) is 14.0. The van der Waals surface area contributed by atoms with Gasteiger partial charge < -0.3 is 38.6 Å². The Balaban J connectivity index is 0.000000192. The molecule has 388 valence electrons. The molecule has 2 N–H and O–H groups in total. The van der Waals surface area contributed by atoms with Crippen molar-refractivity contribution in [3.05, 3.63) is 190 Å². The van der Waals surface area contributed by atoms with Crippen LogP contribution in [0.4, 0.5) is 0 Å². The molecule has 2 fully saturated rings. The van der Waals surface area contributed by atoms with E-state index in [1.807, 2.05) is 0 Å². The fourth-order valence-corrected chi connectivity index (χ4v) is 11.4. The molecule has 2 heterocycles. The van der Waals surface area contributed by atoms with Crippen LogP contribution in [0.25, 0.3) is 0 Å². The summed E-state index contributed by atoms with van der Waals surface area (Å²) in [6, 6.07) is 52.3. The molecule has 0 amide bonds. The van der Waals surface area contributed by atoms with E-state index in [1.54, 1.807) is 0 Å². The maximum Gasteiger partial charge on any atom is 0.120 e. The Bertz CT molecular complexity index is 2450. The predicted octanol–water partition coefficient (Wildman–Crippen LogP) is 13.9. The fourth-order valence-electron chi connectivity index (χ4n) is 11.4. The highest BCUT2D eigenvalue weighted by Crippen LogP contribution is 2.49. The summed E-state index contributed by atoms with van der Waals surface area (Å²) in [5.74, 6) is 4.99. The molecule has 6 aromatic rings. The summed E-state index contributed by atoms with van der Waals surface area (Å²) in [6.07, 6.45) is 7.97. The molecule has 0 aromatic heterocycles. The molecule has 6 aromatic carbocycles. The van der Waals surface area contributed by atoms with Gasteiger partial charge in [-0.05, 0) is 198 Å². The standard InChI is InChI=1S/2C32H38O4.CH4/c2*1-32(2,3)36-26-16-18-30-24(19-26)11-17-29(22-7-5-4-6-8-22)31(30)23-9-12-25(13-10-23)34-21-28-15-14-27(20-33)35-28;/h2*4-10,12-13,16,18-19,27-29,31,33H,11,14-15,17,20-21H2,1-3H3;1H4/t27-,28+,29+,31-;27-,28-,29+,31-;/m00./s1. The van der Waals surface area contributed by atoms with Crippen molar-refractivity contribution in [2.45, 2.75) is 160 Å². The summed E-state index contributed by atoms with van der Waals surface area (Å²) < 4.78 is 36.1. The van der Waals surface area contributed by atoms with E-state index in [-0.39, 0.29) is 68.1 Å². The maximum absolute atomic E-state index is 9.29. The van der Waals surface area contributed by atoms with Crippen LogP contribution in [0.3, 0.4) is 0 Å². The highest BCUT2D eigenvalue weighted by molar-refractivity contribution is 5.50. The normalized spacial score (nSPS) is 23.5. The van der Waals surface area contributed by atoms with Gasteiger partial charge in [-0.2, -0.15) is 0 Å². The average molecular weight is 989 g/mol. The summed E-state index contributed by atoms with van der Waals surface area (Å²) in [4.78, 5) is 0. The van der Waals surface area contributed by atoms with E-state index in [4.69, 9.17) is 28.4 Å². The van der Waals surface area contributed by atoms with Crippen molar-refractivity contribution < 1.29 is 38.6 Å². The molecule has 4 aliphatic rings. The second-order valence-electron chi connectivity index (χ2n) is 22.3. The van der Waals surface area contributed by atoms with E-state index in [0.29, 0.717) is 25.0 Å². The van der Waals surface area contributed by atoms with Gasteiger partial charge in [0.1, 0.15) is 47.4 Å². The Morgan fingerprint density at radius 3 is 1.12 bits per heavy atom. The van der Waals surface area contributed by atoms with Crippen LogP contribution >= 0.6 is 0 Å². The zero-order chi connectivity index (χ0) is 50.2. The summed E-state index contributed by atoms with van der Waals surface area (Å²) in [7, 11) is 0. The van der Waals surface area contributed by atoms with Crippen molar-refractivity contribution >= 4 is 0 Å². The smallest absolute Gasteiger partial charge is 0.120 e. The minimum atomic E-state index is -0.215. The number of aryl methyl sites for hydroxylation is 2. The van der Waals surface area contributed by atoms with Crippen molar-refractivity contribution in [2.75, 3.05) is 26.4 Å². The van der Waals surface area contributed by atoms with Crippen molar-refractivity contribution in [2.24, 2.45) is 0 Å². The Morgan fingerprint density at radius 1 is 0.425 bits per heavy atom. The zero-order valence-electron chi connectivity index (χ0n) is 43.3. The van der Waals surface area contributed by atoms with Gasteiger partial charge in [0.05, 0.1) is 37.6 Å². The second kappa shape index (κ2) is 24.1. The Morgan fingerprint density at radius 2 is 0.781 bits per heavy atom. The number of benzene rings is 6. The number of aliphatic hydroxyl groups is 2. The van der Waals surface area contributed by atoms with E-state index in [1.165, 1.54) is 44.5 Å². The molecule has 2 aliphatic heterocycles. The molecule has 10 rings (SSSR count). The lowest BCUT2D eigenvalue weighted by Crippen LogP contribution is -2.24. The highest BCUT2D eigenvalue weighted by atomic mass is 16.6. The van der Waals surface area contributed by atoms with Crippen molar-refractivity contribution in [3.8, 4) is 23.0 Å². The lowest BCUT2D eigenvalue weighted by Gasteiger charge is -2.35. The van der Waals surface area contributed by atoms with Gasteiger partial charge in [0.15, 0.2) is 0 Å². The number of aliphatic hydroxyl groups excluding tert-OH is 2. The average Bonchev–Trinajstić information content (AvgIpc) is 4.07. The first-order valence-corrected chi connectivity index (χ1v) is 26.5. The summed E-state index contributed by atoms with van der Waals surface area (Å²) >= 11 is 0. The van der Waals surface area contributed by atoms with Crippen molar-refractivity contribution in [1.82, 2.24) is 0 Å². The quantitative estimate of drug-likeness (QED) is 0.111. The van der Waals surface area contributed by atoms with Crippen LogP contribution in [-0.2, 0) is 22.3 Å². The van der Waals surface area contributed by atoms with E-state index in [9.17, 15) is 10.2 Å². The van der Waals surface area contributed by atoms with E-state index in [2.05, 4.69) is 187 Å². The summed E-state index contributed by atoms with van der Waals surface area (Å²) in [5.41, 5.74) is 10.5. The molecule has 2 aliphatic carbocycles. The molecule has 2 saturated heterocycles. The Labute approximate surface area is 436 Å². The second-order valence-corrected chi connectivity index (χ2v) is 22.3. The van der Waals surface area contributed by atoms with Crippen LogP contribution in [0.15, 0.2) is 146 Å². The van der Waals surface area contributed by atoms with Gasteiger partial charge in [-0.1, -0.05) is 104 Å². The van der Waals surface area contributed by atoms with Gasteiger partial charge >= 0.3 is 0 Å². The van der Waals surface area contributed by atoms with Gasteiger partial charge in [-0.25, -0.2) is 0 Å². The van der Waals surface area contributed by atoms with Gasteiger partial charge in [0, 0.05) is 11.8 Å². The van der Waals surface area contributed by atoms with Gasteiger partial charge in [0.2, 0.25) is 0 Å². The summed E-state index contributed by atoms with van der Waals surface area (Å²) in [5, 5.41) is 18.6. The lowest BCUT2D eigenvalue weighted by atomic mass is 9.69. The number of rotatable bonds is 14. The fraction of sp³-hybridized carbons (Fsp3) is 0.446. The molecule has 0 unspecified atom stereocenters. The van der Waals surface area contributed by atoms with Crippen LogP contribution in [0.5, 0.6) is 23.0 Å². The summed E-state index contributed by atoms with van der Waals surface area (Å²) in [6.45, 7) is 13.8. The van der Waals surface area contributed by atoms with Gasteiger partial charge in [-0.15, -0.1) is 0 Å². The van der Waals surface area contributed by atoms with Crippen molar-refractivity contribution in [3.63, 3.8) is 0 Å². The monoisotopic (exact) mass is 989 g/mol. The number of fused-ring (bicyclic) bond motifs is 2. The minimum Gasteiger partial charge on any atom is -0.491 e. The van der Waals surface area contributed by atoms with Crippen LogP contribution in [0.1, 0.15) is 156 Å². The molecule has 0 saturated carbocycles. The Hall–Kier alpha value is -5.64. The van der Waals surface area contributed by atoms with Crippen LogP contribution in [0.2, 0.25) is 0 Å². The SMILES string of the molecule is C.CC(C)(C)Oc1ccc2c(c1)CC[C@H](c1ccccc1)[C@@H]2c1ccc(OC[C@@H]2CC[C@@H](CO)O2)cc1.CC(C)(C)Oc1ccc2c(c1)CC[C@H](c1ccccc1)[C@@H]2c1ccc(OC[C@H]2CC[C@@H](CO)O2)cc1. The zero-order valence-corrected chi connectivity index (χ0v) is 43.3. The maximum atomic E-state index is 9.29. The topological polar surface area (TPSA) is 95.8 Å². The molecular formula is C65H80O8. The largest absolute Gasteiger partial charge is 0.491 e. The van der Waals surface area contributed by atoms with Crippen LogP contribution < -0.4 is 18.9 Å². The van der Waals surface area contributed by atoms with E-state index >= 15 is 0 Å². The van der Waals surface area contributed by atoms with E-state index < -0.39 is 0 Å². The first-order valence-electron chi connectivity index (χ1n) is 26.5. The van der Waals surface area contributed by atoms with Gasteiger partial charge in [0.25, 0.3) is 0 Å². The van der Waals surface area contributed by atoms with Gasteiger partial charge in [-0.3, -0.25) is 0 Å². The molecule has 8 nitrogen and oxygen atoms in total. The third-order valence-corrected chi connectivity index (χ3v) is 14.6. The molecule has 0 bridgehead atoms.